The Labute approximate surface area is 192 Å². The summed E-state index contributed by atoms with van der Waals surface area (Å²) < 4.78 is 21.8. The zero-order valence-corrected chi connectivity index (χ0v) is 18.2. The van der Waals surface area contributed by atoms with Crippen LogP contribution in [0.5, 0.6) is 23.0 Å². The van der Waals surface area contributed by atoms with E-state index >= 15 is 0 Å². The van der Waals surface area contributed by atoms with Crippen LogP contribution in [0.15, 0.2) is 39.5 Å². The zero-order chi connectivity index (χ0) is 24.7. The molecule has 4 rings (SSSR count). The van der Waals surface area contributed by atoms with Crippen molar-refractivity contribution < 1.29 is 49.3 Å². The highest BCUT2D eigenvalue weighted by atomic mass is 16.5. The fourth-order valence-corrected chi connectivity index (χ4v) is 4.05. The summed E-state index contributed by atoms with van der Waals surface area (Å²) >= 11 is 0. The molecular weight excluding hydrogens is 452 g/mol. The van der Waals surface area contributed by atoms with Crippen LogP contribution in [0, 0.1) is 0 Å². The lowest BCUT2D eigenvalue weighted by Gasteiger charge is -2.40. The van der Waals surface area contributed by atoms with Gasteiger partial charge in [0, 0.05) is 17.7 Å². The van der Waals surface area contributed by atoms with Gasteiger partial charge in [-0.15, -0.1) is 0 Å². The van der Waals surface area contributed by atoms with Gasteiger partial charge in [0.2, 0.25) is 0 Å². The predicted octanol–water partition coefficient (Wildman–Crippen LogP) is 0.403. The van der Waals surface area contributed by atoms with Crippen molar-refractivity contribution in [1.29, 1.82) is 0 Å². The van der Waals surface area contributed by atoms with Crippen molar-refractivity contribution in [1.82, 2.24) is 0 Å². The molecule has 11 heteroatoms. The summed E-state index contributed by atoms with van der Waals surface area (Å²) in [6, 6.07) is 6.81. The highest BCUT2D eigenvalue weighted by Gasteiger charge is 2.46. The van der Waals surface area contributed by atoms with Gasteiger partial charge in [-0.25, -0.2) is 0 Å². The first-order chi connectivity index (χ1) is 16.2. The van der Waals surface area contributed by atoms with Crippen LogP contribution < -0.4 is 14.9 Å². The summed E-state index contributed by atoms with van der Waals surface area (Å²) in [7, 11) is 2.65. The van der Waals surface area contributed by atoms with E-state index in [0.29, 0.717) is 5.56 Å². The molecule has 0 radical (unpaired) electrons. The highest BCUT2D eigenvalue weighted by Crippen LogP contribution is 2.45. The molecule has 2 heterocycles. The summed E-state index contributed by atoms with van der Waals surface area (Å²) in [6.45, 7) is -0.667. The van der Waals surface area contributed by atoms with E-state index in [9.17, 15) is 35.4 Å². The van der Waals surface area contributed by atoms with E-state index in [1.807, 2.05) is 0 Å². The van der Waals surface area contributed by atoms with Gasteiger partial charge in [0.25, 0.3) is 0 Å². The molecule has 0 amide bonds. The van der Waals surface area contributed by atoms with Crippen LogP contribution >= 0.6 is 0 Å². The van der Waals surface area contributed by atoms with Gasteiger partial charge in [0.1, 0.15) is 58.7 Å². The van der Waals surface area contributed by atoms with Crippen LogP contribution in [0.3, 0.4) is 0 Å². The molecule has 0 bridgehead atoms. The number of aromatic hydroxyl groups is 2. The summed E-state index contributed by atoms with van der Waals surface area (Å²) in [5.74, 6) is -0.450. The van der Waals surface area contributed by atoms with Crippen LogP contribution in [0.25, 0.3) is 22.3 Å². The van der Waals surface area contributed by atoms with Crippen LogP contribution in [-0.2, 0) is 4.74 Å². The van der Waals surface area contributed by atoms with Gasteiger partial charge in [-0.1, -0.05) is 0 Å². The van der Waals surface area contributed by atoms with Gasteiger partial charge < -0.3 is 49.3 Å². The fourth-order valence-electron chi connectivity index (χ4n) is 4.05. The van der Waals surface area contributed by atoms with Crippen molar-refractivity contribution in [3.8, 4) is 34.3 Å². The SMILES string of the molecule is COc1cc(-c2cc(=O)c3c(O)c([C@@H]4O[C@H](CO)[C@@H](O)[C@H](O)[C@H]4O)c(OC)cc3o2)ccc1O. The van der Waals surface area contributed by atoms with Gasteiger partial charge in [-0.3, -0.25) is 4.79 Å². The molecular formula is C23H24O11. The van der Waals surface area contributed by atoms with Crippen molar-refractivity contribution in [2.45, 2.75) is 30.5 Å². The number of hydrogen-bond acceptors (Lipinski definition) is 11. The lowest BCUT2D eigenvalue weighted by atomic mass is 9.89. The van der Waals surface area contributed by atoms with E-state index in [1.54, 1.807) is 0 Å². The molecule has 34 heavy (non-hydrogen) atoms. The van der Waals surface area contributed by atoms with Gasteiger partial charge >= 0.3 is 0 Å². The van der Waals surface area contributed by atoms with Gasteiger partial charge in [0.05, 0.1) is 26.4 Å². The second-order valence-corrected chi connectivity index (χ2v) is 7.83. The zero-order valence-electron chi connectivity index (χ0n) is 18.2. The first kappa shape index (κ1) is 23.8. The molecule has 11 nitrogen and oxygen atoms in total. The number of rotatable bonds is 5. The predicted molar refractivity (Wildman–Crippen MR) is 117 cm³/mol. The number of fused-ring (bicyclic) bond motifs is 1. The van der Waals surface area contributed by atoms with Crippen LogP contribution in [0.2, 0.25) is 0 Å². The van der Waals surface area contributed by atoms with Crippen molar-refractivity contribution >= 4 is 11.0 Å². The molecule has 1 aliphatic heterocycles. The molecule has 0 saturated carbocycles. The Morgan fingerprint density at radius 3 is 2.29 bits per heavy atom. The average molecular weight is 476 g/mol. The maximum Gasteiger partial charge on any atom is 0.197 e. The maximum atomic E-state index is 13.0. The largest absolute Gasteiger partial charge is 0.506 e. The summed E-state index contributed by atoms with van der Waals surface area (Å²) in [6.07, 6.45) is -7.66. The third-order valence-electron chi connectivity index (χ3n) is 5.86. The van der Waals surface area contributed by atoms with Gasteiger partial charge in [-0.05, 0) is 18.2 Å². The summed E-state index contributed by atoms with van der Waals surface area (Å²) in [5, 5.41) is 60.8. The van der Waals surface area contributed by atoms with E-state index in [4.69, 9.17) is 18.6 Å². The minimum atomic E-state index is -1.70. The molecule has 1 aliphatic rings. The molecule has 6 N–H and O–H groups in total. The number of methoxy groups -OCH3 is 2. The minimum Gasteiger partial charge on any atom is -0.506 e. The number of phenolic OH excluding ortho intramolecular Hbond substituents is 2. The topological polar surface area (TPSA) is 179 Å². The smallest absolute Gasteiger partial charge is 0.197 e. The van der Waals surface area contributed by atoms with Crippen molar-refractivity contribution in [2.75, 3.05) is 20.8 Å². The number of benzene rings is 2. The Kier molecular flexibility index (Phi) is 6.39. The second kappa shape index (κ2) is 9.12. The Hall–Kier alpha value is -3.35. The van der Waals surface area contributed by atoms with E-state index in [0.717, 1.165) is 6.07 Å². The maximum absolute atomic E-state index is 13.0. The fraction of sp³-hybridized carbons (Fsp3) is 0.348. The van der Waals surface area contributed by atoms with E-state index in [-0.39, 0.29) is 39.5 Å². The summed E-state index contributed by atoms with van der Waals surface area (Å²) in [4.78, 5) is 13.0. The average Bonchev–Trinajstić information content (AvgIpc) is 2.83. The molecule has 1 saturated heterocycles. The monoisotopic (exact) mass is 476 g/mol. The minimum absolute atomic E-state index is 0.0297. The molecule has 182 valence electrons. The quantitative estimate of drug-likeness (QED) is 0.300. The highest BCUT2D eigenvalue weighted by molar-refractivity contribution is 5.88. The molecule has 3 aromatic rings. The van der Waals surface area contributed by atoms with E-state index in [2.05, 4.69) is 0 Å². The Morgan fingerprint density at radius 1 is 0.941 bits per heavy atom. The normalized spacial score (nSPS) is 24.8. The number of aliphatic hydroxyl groups excluding tert-OH is 4. The molecule has 2 aromatic carbocycles. The third kappa shape index (κ3) is 3.83. The first-order valence-corrected chi connectivity index (χ1v) is 10.3. The van der Waals surface area contributed by atoms with Crippen LogP contribution in [0.1, 0.15) is 11.7 Å². The van der Waals surface area contributed by atoms with Gasteiger partial charge in [0.15, 0.2) is 16.9 Å². The lowest BCUT2D eigenvalue weighted by Crippen LogP contribution is -2.55. The lowest BCUT2D eigenvalue weighted by molar-refractivity contribution is -0.232. The molecule has 1 fully saturated rings. The van der Waals surface area contributed by atoms with Crippen molar-refractivity contribution in [3.63, 3.8) is 0 Å². The molecule has 0 aliphatic carbocycles. The molecule has 5 atom stereocenters. The number of phenols is 2. The number of aliphatic hydroxyl groups is 4. The molecule has 0 unspecified atom stereocenters. The Bertz CT molecular complexity index is 1270. The molecule has 0 spiro atoms. The number of ether oxygens (including phenoxy) is 3. The van der Waals surface area contributed by atoms with Gasteiger partial charge in [-0.2, -0.15) is 0 Å². The van der Waals surface area contributed by atoms with Crippen molar-refractivity contribution in [2.24, 2.45) is 0 Å². The summed E-state index contributed by atoms with van der Waals surface area (Å²) in [5.41, 5.74) is -0.408. The van der Waals surface area contributed by atoms with Crippen LogP contribution in [0.4, 0.5) is 0 Å². The Balaban J connectivity index is 1.89. The van der Waals surface area contributed by atoms with E-state index < -0.39 is 48.3 Å². The first-order valence-electron chi connectivity index (χ1n) is 10.3. The Morgan fingerprint density at radius 2 is 1.65 bits per heavy atom. The standard InChI is InChI=1S/C23H24O11/c1-31-13-5-9(3-4-10(13)25)12-6-11(26)17-15(33-12)7-14(32-2)18(20(17)28)23-22(30)21(29)19(27)16(8-24)34-23/h3-7,16,19,21-25,27-30H,8H2,1-2H3/t16-,19-,21+,22-,23+/m1/s1. The van der Waals surface area contributed by atoms with Crippen LogP contribution in [-0.4, -0.2) is 75.9 Å². The third-order valence-corrected chi connectivity index (χ3v) is 5.86. The second-order valence-electron chi connectivity index (χ2n) is 7.83. The van der Waals surface area contributed by atoms with Crippen molar-refractivity contribution in [3.05, 3.63) is 46.1 Å². The molecule has 1 aromatic heterocycles. The van der Waals surface area contributed by atoms with E-state index in [1.165, 1.54) is 38.5 Å². The number of hydrogen-bond donors (Lipinski definition) is 6.